The molecule has 0 fully saturated rings. The summed E-state index contributed by atoms with van der Waals surface area (Å²) in [5.74, 6) is -1.37. The normalized spacial score (nSPS) is 18.7. The Hall–Kier alpha value is -3.98. The second kappa shape index (κ2) is 7.28. The first-order valence-electron chi connectivity index (χ1n) is 10.4. The fourth-order valence-corrected chi connectivity index (χ4v) is 4.46. The van der Waals surface area contributed by atoms with Crippen LogP contribution in [0.15, 0.2) is 35.1 Å². The van der Waals surface area contributed by atoms with E-state index in [4.69, 9.17) is 9.72 Å². The summed E-state index contributed by atoms with van der Waals surface area (Å²) < 4.78 is 11.2. The number of ether oxygens (including phenoxy) is 2. The molecule has 168 valence electrons. The van der Waals surface area contributed by atoms with E-state index in [1.54, 1.807) is 19.1 Å². The lowest BCUT2D eigenvalue weighted by Gasteiger charge is -2.31. The van der Waals surface area contributed by atoms with Crippen LogP contribution in [-0.2, 0) is 37.8 Å². The van der Waals surface area contributed by atoms with Gasteiger partial charge in [0.25, 0.3) is 5.56 Å². The average molecular weight is 448 g/mol. The maximum atomic E-state index is 13.2. The summed E-state index contributed by atoms with van der Waals surface area (Å²) in [6.45, 7) is 1.68. The van der Waals surface area contributed by atoms with Crippen LogP contribution in [0.1, 0.15) is 35.6 Å². The third-order valence-corrected chi connectivity index (χ3v) is 6.30. The molecule has 2 aliphatic heterocycles. The van der Waals surface area contributed by atoms with Gasteiger partial charge in [-0.15, -0.1) is 0 Å². The van der Waals surface area contributed by atoms with E-state index >= 15 is 0 Å². The molecule has 1 atom stereocenters. The van der Waals surface area contributed by atoms with Crippen molar-refractivity contribution in [2.75, 3.05) is 7.11 Å². The number of esters is 2. The summed E-state index contributed by atoms with van der Waals surface area (Å²) in [4.78, 5) is 41.8. The van der Waals surface area contributed by atoms with E-state index in [9.17, 15) is 24.6 Å². The number of pyridine rings is 2. The number of carbonyl (C=O) groups is 2. The number of aliphatic hydroxyl groups is 1. The van der Waals surface area contributed by atoms with Crippen LogP contribution in [-0.4, -0.2) is 38.8 Å². The summed E-state index contributed by atoms with van der Waals surface area (Å²) in [6, 6.07) is 6.57. The van der Waals surface area contributed by atoms with Gasteiger partial charge in [-0.2, -0.15) is 0 Å². The highest BCUT2D eigenvalue weighted by Gasteiger charge is 2.45. The van der Waals surface area contributed by atoms with Crippen LogP contribution in [0.25, 0.3) is 28.4 Å². The molecule has 0 saturated carbocycles. The second-order valence-corrected chi connectivity index (χ2v) is 8.02. The highest BCUT2D eigenvalue weighted by atomic mass is 16.6. The lowest BCUT2D eigenvalue weighted by molar-refractivity contribution is -0.172. The summed E-state index contributed by atoms with van der Waals surface area (Å²) >= 11 is 0. The van der Waals surface area contributed by atoms with Crippen LogP contribution < -0.4 is 5.56 Å². The maximum absolute atomic E-state index is 13.2. The van der Waals surface area contributed by atoms with E-state index in [1.807, 2.05) is 6.07 Å². The third kappa shape index (κ3) is 2.96. The number of aromatic hydroxyl groups is 1. The SMILES string of the molecule is CCC1(O)C(=O)OCc2c1cc1n(c2=O)Cc2cc3c(C=CC(=O)OC)c(O)ccc3nc2-1. The van der Waals surface area contributed by atoms with Crippen molar-refractivity contribution in [1.82, 2.24) is 9.55 Å². The molecule has 0 spiro atoms. The topological polar surface area (TPSA) is 128 Å². The van der Waals surface area contributed by atoms with Crippen LogP contribution in [0.3, 0.4) is 0 Å². The van der Waals surface area contributed by atoms with Crippen LogP contribution in [0.2, 0.25) is 0 Å². The third-order valence-electron chi connectivity index (χ3n) is 6.30. The van der Waals surface area contributed by atoms with Crippen molar-refractivity contribution in [1.29, 1.82) is 0 Å². The Balaban J connectivity index is 1.72. The molecular formula is C24H20N2O7. The van der Waals surface area contributed by atoms with E-state index in [2.05, 4.69) is 4.74 Å². The number of benzene rings is 1. The number of cyclic esters (lactones) is 1. The van der Waals surface area contributed by atoms with Gasteiger partial charge < -0.3 is 24.3 Å². The van der Waals surface area contributed by atoms with Crippen molar-refractivity contribution in [3.8, 4) is 17.1 Å². The number of hydrogen-bond acceptors (Lipinski definition) is 8. The second-order valence-electron chi connectivity index (χ2n) is 8.02. The number of phenolic OH excluding ortho intramolecular Hbond substituents is 1. The molecule has 0 amide bonds. The number of hydrogen-bond donors (Lipinski definition) is 2. The Morgan fingerprint density at radius 2 is 2.12 bits per heavy atom. The van der Waals surface area contributed by atoms with Crippen molar-refractivity contribution in [2.24, 2.45) is 0 Å². The minimum Gasteiger partial charge on any atom is -0.507 e. The lowest BCUT2D eigenvalue weighted by Crippen LogP contribution is -2.44. The molecule has 9 nitrogen and oxygen atoms in total. The van der Waals surface area contributed by atoms with E-state index in [1.165, 1.54) is 29.9 Å². The van der Waals surface area contributed by atoms with Crippen LogP contribution in [0, 0.1) is 0 Å². The summed E-state index contributed by atoms with van der Waals surface area (Å²) in [5, 5.41) is 21.9. The molecule has 5 rings (SSSR count). The van der Waals surface area contributed by atoms with Gasteiger partial charge in [-0.3, -0.25) is 4.79 Å². The number of aromatic nitrogens is 2. The molecular weight excluding hydrogens is 428 g/mol. The van der Waals surface area contributed by atoms with Crippen LogP contribution in [0.4, 0.5) is 0 Å². The fraction of sp³-hybridized carbons (Fsp3) is 0.250. The van der Waals surface area contributed by atoms with Crippen molar-refractivity contribution in [3.63, 3.8) is 0 Å². The van der Waals surface area contributed by atoms with Gasteiger partial charge in [-0.1, -0.05) is 6.92 Å². The van der Waals surface area contributed by atoms with Gasteiger partial charge in [0, 0.05) is 28.2 Å². The Labute approximate surface area is 187 Å². The van der Waals surface area contributed by atoms with Crippen molar-refractivity contribution < 1.29 is 29.3 Å². The highest BCUT2D eigenvalue weighted by Crippen LogP contribution is 2.39. The Morgan fingerprint density at radius 1 is 1.33 bits per heavy atom. The number of carbonyl (C=O) groups excluding carboxylic acids is 2. The molecule has 0 bridgehead atoms. The smallest absolute Gasteiger partial charge is 0.343 e. The molecule has 0 saturated heterocycles. The van der Waals surface area contributed by atoms with Gasteiger partial charge in [0.15, 0.2) is 5.60 Å². The zero-order chi connectivity index (χ0) is 23.5. The summed E-state index contributed by atoms with van der Waals surface area (Å²) in [5.41, 5.74) is 0.976. The Bertz CT molecular complexity index is 1450. The van der Waals surface area contributed by atoms with E-state index < -0.39 is 17.5 Å². The van der Waals surface area contributed by atoms with E-state index in [-0.39, 0.29) is 42.0 Å². The Morgan fingerprint density at radius 3 is 2.85 bits per heavy atom. The summed E-state index contributed by atoms with van der Waals surface area (Å²) in [6.07, 6.45) is 2.72. The summed E-state index contributed by atoms with van der Waals surface area (Å²) in [7, 11) is 1.26. The molecule has 1 unspecified atom stereocenters. The highest BCUT2D eigenvalue weighted by molar-refractivity contribution is 5.97. The van der Waals surface area contributed by atoms with Crippen LogP contribution >= 0.6 is 0 Å². The number of nitrogens with zero attached hydrogens (tertiary/aromatic N) is 2. The molecule has 2 aromatic heterocycles. The molecule has 9 heteroatoms. The molecule has 4 heterocycles. The fourth-order valence-electron chi connectivity index (χ4n) is 4.46. The molecule has 0 aliphatic carbocycles. The largest absolute Gasteiger partial charge is 0.507 e. The number of methoxy groups -OCH3 is 1. The standard InChI is InChI=1S/C24H20N2O7/c1-3-24(31)16-9-18-21-12(10-26(18)22(29)15(16)11-33-23(24)30)8-14-13(4-7-20(28)32-2)19(27)6-5-17(14)25-21/h4-9,27,31H,3,10-11H2,1-2H3. The monoisotopic (exact) mass is 448 g/mol. The molecule has 1 aromatic carbocycles. The van der Waals surface area contributed by atoms with Gasteiger partial charge in [0.05, 0.1) is 36.1 Å². The van der Waals surface area contributed by atoms with Crippen molar-refractivity contribution in [2.45, 2.75) is 32.1 Å². The number of fused-ring (bicyclic) bond motifs is 5. The first kappa shape index (κ1) is 20.9. The maximum Gasteiger partial charge on any atom is 0.343 e. The molecule has 2 N–H and O–H groups in total. The van der Waals surface area contributed by atoms with Gasteiger partial charge >= 0.3 is 11.9 Å². The van der Waals surface area contributed by atoms with Crippen molar-refractivity contribution >= 4 is 28.9 Å². The van der Waals surface area contributed by atoms with Crippen LogP contribution in [0.5, 0.6) is 5.75 Å². The van der Waals surface area contributed by atoms with E-state index in [0.717, 1.165) is 5.56 Å². The molecule has 3 aromatic rings. The number of phenols is 1. The Kier molecular flexibility index (Phi) is 4.61. The zero-order valence-electron chi connectivity index (χ0n) is 17.9. The minimum absolute atomic E-state index is 0.0313. The zero-order valence-corrected chi connectivity index (χ0v) is 17.9. The molecule has 0 radical (unpaired) electrons. The first-order chi connectivity index (χ1) is 15.8. The quantitative estimate of drug-likeness (QED) is 0.360. The van der Waals surface area contributed by atoms with Gasteiger partial charge in [0.2, 0.25) is 0 Å². The average Bonchev–Trinajstić information content (AvgIpc) is 3.17. The first-order valence-corrected chi connectivity index (χ1v) is 10.4. The van der Waals surface area contributed by atoms with Gasteiger partial charge in [0.1, 0.15) is 12.4 Å². The molecule has 2 aliphatic rings. The van der Waals surface area contributed by atoms with Crippen molar-refractivity contribution in [3.05, 3.63) is 62.9 Å². The predicted octanol–water partition coefficient (Wildman–Crippen LogP) is 1.97. The van der Waals surface area contributed by atoms with Gasteiger partial charge in [-0.25, -0.2) is 14.6 Å². The minimum atomic E-state index is -1.89. The van der Waals surface area contributed by atoms with Gasteiger partial charge in [-0.05, 0) is 36.8 Å². The van der Waals surface area contributed by atoms with E-state index in [0.29, 0.717) is 27.9 Å². The lowest BCUT2D eigenvalue weighted by atomic mass is 9.86. The predicted molar refractivity (Wildman–Crippen MR) is 117 cm³/mol. The molecule has 33 heavy (non-hydrogen) atoms. The number of rotatable bonds is 3.